The van der Waals surface area contributed by atoms with E-state index in [-0.39, 0.29) is 18.4 Å². The zero-order valence-corrected chi connectivity index (χ0v) is 18.7. The minimum absolute atomic E-state index is 0.00275. The van der Waals surface area contributed by atoms with E-state index in [0.717, 1.165) is 49.2 Å². The quantitative estimate of drug-likeness (QED) is 0.773. The van der Waals surface area contributed by atoms with Crippen molar-refractivity contribution in [2.24, 2.45) is 0 Å². The molecular weight excluding hydrogens is 414 g/mol. The Balaban J connectivity index is 1.51. The van der Waals surface area contributed by atoms with E-state index >= 15 is 0 Å². The molecule has 2 aromatic rings. The third-order valence-electron chi connectivity index (χ3n) is 5.84. The Bertz CT molecular complexity index is 965. The van der Waals surface area contributed by atoms with E-state index in [9.17, 15) is 9.59 Å². The third-order valence-corrected chi connectivity index (χ3v) is 6.13. The number of fused-ring (bicyclic) bond motifs is 1. The van der Waals surface area contributed by atoms with Gasteiger partial charge in [0.1, 0.15) is 5.75 Å². The van der Waals surface area contributed by atoms with Crippen molar-refractivity contribution in [3.05, 3.63) is 52.5 Å². The Hall–Kier alpha value is -2.73. The molecule has 1 fully saturated rings. The zero-order valence-electron chi connectivity index (χ0n) is 18.0. The van der Waals surface area contributed by atoms with Crippen molar-refractivity contribution in [3.63, 3.8) is 0 Å². The van der Waals surface area contributed by atoms with E-state index in [1.54, 1.807) is 0 Å². The highest BCUT2D eigenvalue weighted by molar-refractivity contribution is 6.34. The molecule has 0 bridgehead atoms. The van der Waals surface area contributed by atoms with E-state index in [4.69, 9.17) is 16.3 Å². The number of nitrogens with one attached hydrogen (secondary N) is 1. The van der Waals surface area contributed by atoms with Gasteiger partial charge >= 0.3 is 0 Å². The molecule has 1 saturated heterocycles. The molecule has 2 heterocycles. The summed E-state index contributed by atoms with van der Waals surface area (Å²) in [7, 11) is 0. The molecule has 164 valence electrons. The van der Waals surface area contributed by atoms with Crippen LogP contribution in [0.2, 0.25) is 5.02 Å². The number of aryl methyl sites for hydroxylation is 2. The fourth-order valence-corrected chi connectivity index (χ4v) is 4.70. The zero-order chi connectivity index (χ0) is 22.0. The molecule has 0 unspecified atom stereocenters. The van der Waals surface area contributed by atoms with Gasteiger partial charge in [-0.05, 0) is 62.4 Å². The van der Waals surface area contributed by atoms with Crippen LogP contribution in [0.15, 0.2) is 36.4 Å². The van der Waals surface area contributed by atoms with E-state index in [0.29, 0.717) is 23.0 Å². The first-order valence-corrected chi connectivity index (χ1v) is 11.2. The molecule has 1 atom stereocenters. The van der Waals surface area contributed by atoms with E-state index < -0.39 is 6.10 Å². The number of carbonyl (C=O) groups excluding carboxylic acids is 2. The van der Waals surface area contributed by atoms with Crippen molar-refractivity contribution in [3.8, 4) is 5.75 Å². The molecule has 0 spiro atoms. The molecular formula is C24H28ClN3O3. The molecule has 6 nitrogen and oxygen atoms in total. The van der Waals surface area contributed by atoms with Crippen LogP contribution < -0.4 is 15.0 Å². The fourth-order valence-electron chi connectivity index (χ4n) is 4.33. The Morgan fingerprint density at radius 1 is 1.13 bits per heavy atom. The van der Waals surface area contributed by atoms with Crippen molar-refractivity contribution in [1.82, 2.24) is 4.90 Å². The maximum absolute atomic E-state index is 13.1. The van der Waals surface area contributed by atoms with Gasteiger partial charge in [0.15, 0.2) is 6.10 Å². The number of hydrogen-bond donors (Lipinski definition) is 1. The molecule has 31 heavy (non-hydrogen) atoms. The molecule has 2 aliphatic rings. The standard InChI is InChI=1S/C24H28ClN3O3/c1-16-12-17(2)23(18(25)13-16)26-22(29)15-28-14-21(24(30)27-10-6-3-7-11-27)31-20-9-5-4-8-19(20)28/h4-5,8-9,12-13,21H,3,6-7,10-11,14-15H2,1-2H3,(H,26,29)/t21-/m0/s1. The first kappa shape index (κ1) is 21.5. The molecule has 2 amide bonds. The number of para-hydroxylation sites is 2. The van der Waals surface area contributed by atoms with Gasteiger partial charge in [0.2, 0.25) is 5.91 Å². The first-order chi connectivity index (χ1) is 14.9. The summed E-state index contributed by atoms with van der Waals surface area (Å²) in [6.45, 7) is 5.87. The smallest absolute Gasteiger partial charge is 0.265 e. The summed E-state index contributed by atoms with van der Waals surface area (Å²) in [4.78, 5) is 29.8. The second kappa shape index (κ2) is 9.18. The van der Waals surface area contributed by atoms with Crippen LogP contribution in [0, 0.1) is 13.8 Å². The van der Waals surface area contributed by atoms with Gasteiger partial charge in [0.25, 0.3) is 5.91 Å². The fraction of sp³-hybridized carbons (Fsp3) is 0.417. The topological polar surface area (TPSA) is 61.9 Å². The average molecular weight is 442 g/mol. The largest absolute Gasteiger partial charge is 0.477 e. The number of halogens is 1. The van der Waals surface area contributed by atoms with Crippen LogP contribution in [0.4, 0.5) is 11.4 Å². The number of ether oxygens (including phenoxy) is 1. The summed E-state index contributed by atoms with van der Waals surface area (Å²) in [6, 6.07) is 11.4. The first-order valence-electron chi connectivity index (χ1n) is 10.8. The Kier molecular flexibility index (Phi) is 6.37. The van der Waals surface area contributed by atoms with Crippen molar-refractivity contribution < 1.29 is 14.3 Å². The highest BCUT2D eigenvalue weighted by atomic mass is 35.5. The van der Waals surface area contributed by atoms with Gasteiger partial charge in [0.05, 0.1) is 29.5 Å². The predicted molar refractivity (Wildman–Crippen MR) is 123 cm³/mol. The van der Waals surface area contributed by atoms with E-state index in [1.165, 1.54) is 0 Å². The van der Waals surface area contributed by atoms with Crippen LogP contribution in [0.1, 0.15) is 30.4 Å². The number of benzene rings is 2. The van der Waals surface area contributed by atoms with Crippen LogP contribution in [0.3, 0.4) is 0 Å². The maximum Gasteiger partial charge on any atom is 0.265 e. The summed E-state index contributed by atoms with van der Waals surface area (Å²) in [5.74, 6) is 0.438. The van der Waals surface area contributed by atoms with Crippen LogP contribution >= 0.6 is 11.6 Å². The van der Waals surface area contributed by atoms with Crippen LogP contribution in [0.5, 0.6) is 5.75 Å². The minimum Gasteiger partial charge on any atom is -0.477 e. The number of likely N-dealkylation sites (tertiary alicyclic amines) is 1. The van der Waals surface area contributed by atoms with Crippen molar-refractivity contribution in [2.45, 2.75) is 39.2 Å². The average Bonchev–Trinajstić information content (AvgIpc) is 2.76. The van der Waals surface area contributed by atoms with Gasteiger partial charge in [-0.15, -0.1) is 0 Å². The number of rotatable bonds is 4. The van der Waals surface area contributed by atoms with Gasteiger partial charge in [-0.1, -0.05) is 29.8 Å². The monoisotopic (exact) mass is 441 g/mol. The molecule has 2 aromatic carbocycles. The van der Waals surface area contributed by atoms with Crippen molar-refractivity contribution in [1.29, 1.82) is 0 Å². The van der Waals surface area contributed by atoms with Crippen molar-refractivity contribution >= 4 is 34.8 Å². The molecule has 7 heteroatoms. The number of hydrogen-bond acceptors (Lipinski definition) is 4. The molecule has 2 aliphatic heterocycles. The summed E-state index contributed by atoms with van der Waals surface area (Å²) in [6.07, 6.45) is 2.59. The summed E-state index contributed by atoms with van der Waals surface area (Å²) >= 11 is 6.35. The SMILES string of the molecule is Cc1cc(C)c(NC(=O)CN2C[C@@H](C(=O)N3CCCCC3)Oc3ccccc32)c(Cl)c1. The lowest BCUT2D eigenvalue weighted by molar-refractivity contribution is -0.139. The number of carbonyl (C=O) groups is 2. The second-order valence-electron chi connectivity index (χ2n) is 8.33. The predicted octanol–water partition coefficient (Wildman–Crippen LogP) is 4.18. The van der Waals surface area contributed by atoms with Gasteiger partial charge < -0.3 is 19.9 Å². The molecule has 4 rings (SSSR count). The summed E-state index contributed by atoms with van der Waals surface area (Å²) < 4.78 is 6.04. The lowest BCUT2D eigenvalue weighted by Gasteiger charge is -2.38. The Morgan fingerprint density at radius 2 is 1.87 bits per heavy atom. The van der Waals surface area contributed by atoms with E-state index in [2.05, 4.69) is 5.32 Å². The highest BCUT2D eigenvalue weighted by Gasteiger charge is 2.34. The number of anilines is 2. The number of amides is 2. The van der Waals surface area contributed by atoms with E-state index in [1.807, 2.05) is 60.0 Å². The minimum atomic E-state index is -0.620. The lowest BCUT2D eigenvalue weighted by atomic mass is 10.1. The number of piperidine rings is 1. The third kappa shape index (κ3) is 4.79. The Morgan fingerprint density at radius 3 is 2.61 bits per heavy atom. The highest BCUT2D eigenvalue weighted by Crippen LogP contribution is 2.34. The van der Waals surface area contributed by atoms with Gasteiger partial charge in [-0.2, -0.15) is 0 Å². The van der Waals surface area contributed by atoms with Gasteiger partial charge in [0, 0.05) is 13.1 Å². The molecule has 0 aliphatic carbocycles. The molecule has 0 saturated carbocycles. The summed E-state index contributed by atoms with van der Waals surface area (Å²) in [5.41, 5.74) is 3.40. The van der Waals surface area contributed by atoms with Crippen molar-refractivity contribution in [2.75, 3.05) is 36.4 Å². The van der Waals surface area contributed by atoms with Gasteiger partial charge in [-0.25, -0.2) is 0 Å². The second-order valence-corrected chi connectivity index (χ2v) is 8.73. The summed E-state index contributed by atoms with van der Waals surface area (Å²) in [5, 5.41) is 3.46. The van der Waals surface area contributed by atoms with Crippen LogP contribution in [-0.4, -0.2) is 49.0 Å². The lowest BCUT2D eigenvalue weighted by Crippen LogP contribution is -2.52. The Labute approximate surface area is 188 Å². The van der Waals surface area contributed by atoms with Gasteiger partial charge in [-0.3, -0.25) is 9.59 Å². The number of nitrogens with zero attached hydrogens (tertiary/aromatic N) is 2. The normalized spacial score (nSPS) is 18.2. The molecule has 1 N–H and O–H groups in total. The molecule has 0 aromatic heterocycles. The maximum atomic E-state index is 13.1. The molecule has 0 radical (unpaired) electrons. The van der Waals surface area contributed by atoms with Crippen LogP contribution in [0.25, 0.3) is 0 Å². The van der Waals surface area contributed by atoms with Crippen LogP contribution in [-0.2, 0) is 9.59 Å².